The van der Waals surface area contributed by atoms with Crippen LogP contribution in [-0.2, 0) is 21.9 Å². The van der Waals surface area contributed by atoms with Crippen LogP contribution in [0.4, 0.5) is 0 Å². The molecule has 0 aliphatic heterocycles. The summed E-state index contributed by atoms with van der Waals surface area (Å²) in [6.45, 7) is 0.500. The smallest absolute Gasteiger partial charge is 0 e. The van der Waals surface area contributed by atoms with E-state index in [0.717, 1.165) is 0 Å². The molecule has 0 fully saturated rings. The molecule has 4 heavy (non-hydrogen) atoms. The fourth-order valence-electron chi connectivity index (χ4n) is 0. The van der Waals surface area contributed by atoms with Crippen LogP contribution in [0.5, 0.6) is 0 Å². The molecule has 0 spiro atoms. The van der Waals surface area contributed by atoms with Crippen molar-refractivity contribution >= 4 is 6.47 Å². The van der Waals surface area contributed by atoms with Gasteiger partial charge in [0.05, 0.1) is 0 Å². The largest absolute Gasteiger partial charge is 0.665 e. The molecule has 0 rings (SSSR count). The summed E-state index contributed by atoms with van der Waals surface area (Å²) in [5, 5.41) is 6.76. The standard InChI is InChI=1S/CHO2.Fe/c2-1-3;/h(H,2,3);/q-1;. The molecule has 0 bridgehead atoms. The minimum absolute atomic E-state index is 0. The Morgan fingerprint density at radius 3 is 1.75 bits per heavy atom. The van der Waals surface area contributed by atoms with Gasteiger partial charge in [-0.1, -0.05) is 6.47 Å². The van der Waals surface area contributed by atoms with Crippen molar-refractivity contribution in [1.29, 1.82) is 0 Å². The molecule has 0 aromatic rings. The third-order valence-corrected chi connectivity index (χ3v) is 0. The van der Waals surface area contributed by atoms with Crippen molar-refractivity contribution in [2.45, 2.75) is 0 Å². The minimum atomic E-state index is 0. The Kier molecular flexibility index (Phi) is 27.2. The average molecular weight is 101 g/mol. The van der Waals surface area contributed by atoms with Gasteiger partial charge < -0.3 is 9.90 Å². The molecule has 0 heterocycles. The van der Waals surface area contributed by atoms with Gasteiger partial charge in [0.1, 0.15) is 0 Å². The molecule has 1 N–H and O–H groups in total. The Balaban J connectivity index is 0. The van der Waals surface area contributed by atoms with E-state index in [1.54, 1.807) is 0 Å². The Morgan fingerprint density at radius 2 is 1.75 bits per heavy atom. The second-order valence-electron chi connectivity index (χ2n) is 0.0913. The molecule has 2 nitrogen and oxygen atoms in total. The van der Waals surface area contributed by atoms with E-state index in [1.165, 1.54) is 0 Å². The third kappa shape index (κ3) is 17600. The summed E-state index contributed by atoms with van der Waals surface area (Å²) in [6, 6.07) is 0. The first-order valence-electron chi connectivity index (χ1n) is 0.428. The van der Waals surface area contributed by atoms with Crippen molar-refractivity contribution in [3.8, 4) is 0 Å². The molecule has 0 atom stereocenters. The first-order valence-corrected chi connectivity index (χ1v) is 0.428. The quantitative estimate of drug-likeness (QED) is 0.333. The van der Waals surface area contributed by atoms with Crippen molar-refractivity contribution in [3.63, 3.8) is 0 Å². The molecule has 0 amide bonds. The molecule has 0 saturated carbocycles. The van der Waals surface area contributed by atoms with Crippen LogP contribution in [0.3, 0.4) is 0 Å². The Labute approximate surface area is 34.3 Å². The van der Waals surface area contributed by atoms with Crippen LogP contribution in [0.15, 0.2) is 0 Å². The van der Waals surface area contributed by atoms with Gasteiger partial charge in [0, 0.05) is 17.1 Å². The van der Waals surface area contributed by atoms with Crippen molar-refractivity contribution in [3.05, 3.63) is 0 Å². The molecule has 0 radical (unpaired) electrons. The second kappa shape index (κ2) is 12.1. The average Bonchev–Trinajstić information content (AvgIpc) is 0.918. The van der Waals surface area contributed by atoms with Crippen molar-refractivity contribution in [1.82, 2.24) is 0 Å². The molecule has 26 valence electrons. The normalized spacial score (nSPS) is 3.00. The first kappa shape index (κ1) is 9.01. The first-order chi connectivity index (χ1) is 1.41. The fraction of sp³-hybridized carbons (Fsp3) is 0. The summed E-state index contributed by atoms with van der Waals surface area (Å²) in [4.78, 5) is 8.24. The zero-order valence-electron chi connectivity index (χ0n) is 1.71. The maximum absolute atomic E-state index is 8.24. The van der Waals surface area contributed by atoms with Crippen molar-refractivity contribution < 1.29 is 27.0 Å². The maximum Gasteiger partial charge on any atom is 0 e. The maximum atomic E-state index is 8.24. The van der Waals surface area contributed by atoms with E-state index in [4.69, 9.17) is 9.90 Å². The van der Waals surface area contributed by atoms with Gasteiger partial charge in [0.2, 0.25) is 0 Å². The topological polar surface area (TPSA) is 37.3 Å². The Hall–Kier alpha value is -0.0105. The van der Waals surface area contributed by atoms with Crippen LogP contribution in [0.1, 0.15) is 0 Å². The number of hydrogen-bond donors (Lipinski definition) is 1. The molecule has 0 unspecified atom stereocenters. The van der Waals surface area contributed by atoms with Gasteiger partial charge in [-0.2, -0.15) is 0 Å². The number of aliphatic hydroxyl groups excluding tert-OH is 1. The number of hydrogen-bond acceptors (Lipinski definition) is 1. The summed E-state index contributed by atoms with van der Waals surface area (Å²) in [5.74, 6) is 0. The molecule has 0 aromatic carbocycles. The van der Waals surface area contributed by atoms with E-state index < -0.39 is 0 Å². The summed E-state index contributed by atoms with van der Waals surface area (Å²) < 4.78 is 0. The SMILES string of the molecule is O=[C-]O.[Fe]. The summed E-state index contributed by atoms with van der Waals surface area (Å²) >= 11 is 0. The van der Waals surface area contributed by atoms with Gasteiger partial charge >= 0.3 is 0 Å². The van der Waals surface area contributed by atoms with Gasteiger partial charge in [0.25, 0.3) is 0 Å². The molecular formula is CHFeO2-. The fourth-order valence-corrected chi connectivity index (χ4v) is 0. The monoisotopic (exact) mass is 101 g/mol. The Morgan fingerprint density at radius 1 is 1.75 bits per heavy atom. The van der Waals surface area contributed by atoms with E-state index >= 15 is 0 Å². The summed E-state index contributed by atoms with van der Waals surface area (Å²) in [5.41, 5.74) is 0. The van der Waals surface area contributed by atoms with Crippen molar-refractivity contribution in [2.75, 3.05) is 0 Å². The zero-order chi connectivity index (χ0) is 2.71. The van der Waals surface area contributed by atoms with Gasteiger partial charge in [0.15, 0.2) is 0 Å². The molecule has 3 heteroatoms. The van der Waals surface area contributed by atoms with Crippen LogP contribution in [0.2, 0.25) is 0 Å². The number of rotatable bonds is 0. The third-order valence-electron chi connectivity index (χ3n) is 0. The molecule has 0 aliphatic rings. The van der Waals surface area contributed by atoms with Gasteiger partial charge in [-0.25, -0.2) is 0 Å². The second-order valence-corrected chi connectivity index (χ2v) is 0.0913. The Bertz CT molecular complexity index is 13.5. The van der Waals surface area contributed by atoms with E-state index in [0.29, 0.717) is 6.47 Å². The minimum Gasteiger partial charge on any atom is -0.665 e. The van der Waals surface area contributed by atoms with Crippen LogP contribution < -0.4 is 0 Å². The van der Waals surface area contributed by atoms with E-state index in [-0.39, 0.29) is 17.1 Å². The van der Waals surface area contributed by atoms with E-state index in [9.17, 15) is 0 Å². The zero-order valence-corrected chi connectivity index (χ0v) is 2.81. The predicted octanol–water partition coefficient (Wildman–Crippen LogP) is -0.391. The van der Waals surface area contributed by atoms with E-state index in [2.05, 4.69) is 0 Å². The van der Waals surface area contributed by atoms with Crippen LogP contribution >= 0.6 is 0 Å². The summed E-state index contributed by atoms with van der Waals surface area (Å²) in [7, 11) is 0. The van der Waals surface area contributed by atoms with E-state index in [1.807, 2.05) is 0 Å². The molecular weight excluding hydrogens is 99.9 g/mol. The van der Waals surface area contributed by atoms with Crippen LogP contribution in [0.25, 0.3) is 0 Å². The van der Waals surface area contributed by atoms with Gasteiger partial charge in [-0.15, -0.1) is 0 Å². The predicted molar refractivity (Wildman–Crippen MR) is 8.32 cm³/mol. The van der Waals surface area contributed by atoms with Crippen LogP contribution in [-0.4, -0.2) is 11.6 Å². The van der Waals surface area contributed by atoms with Gasteiger partial charge in [-0.05, 0) is 0 Å². The van der Waals surface area contributed by atoms with Crippen LogP contribution in [0, 0.1) is 0 Å². The summed E-state index contributed by atoms with van der Waals surface area (Å²) in [6.07, 6.45) is 0. The molecule has 0 saturated heterocycles. The molecule has 0 aliphatic carbocycles. The van der Waals surface area contributed by atoms with Crippen molar-refractivity contribution in [2.24, 2.45) is 0 Å². The molecule has 0 aromatic heterocycles. The van der Waals surface area contributed by atoms with Gasteiger partial charge in [-0.3, -0.25) is 0 Å².